The van der Waals surface area contributed by atoms with Crippen LogP contribution in [0.4, 0.5) is 0 Å². The fraction of sp³-hybridized carbons (Fsp3) is 0.182. The summed E-state index contributed by atoms with van der Waals surface area (Å²) in [6, 6.07) is 17.6. The van der Waals surface area contributed by atoms with Crippen molar-refractivity contribution in [3.05, 3.63) is 66.6 Å². The molecule has 0 radical (unpaired) electrons. The Morgan fingerprint density at radius 1 is 1.07 bits per heavy atom. The first-order valence-corrected chi connectivity index (χ1v) is 10.8. The van der Waals surface area contributed by atoms with Crippen LogP contribution in [0.5, 0.6) is 0 Å². The molecular weight excluding hydrogens is 396 g/mol. The number of pyridine rings is 1. The van der Waals surface area contributed by atoms with Gasteiger partial charge in [0.25, 0.3) is 5.91 Å². The number of hydrogen-bond donors (Lipinski definition) is 1. The first-order valence-electron chi connectivity index (χ1n) is 9.53. The predicted octanol–water partition coefficient (Wildman–Crippen LogP) is 4.20. The first kappa shape index (κ1) is 19.9. The summed E-state index contributed by atoms with van der Waals surface area (Å²) >= 11 is 1.68. The van der Waals surface area contributed by atoms with E-state index in [4.69, 9.17) is 10.7 Å². The van der Waals surface area contributed by atoms with Crippen LogP contribution < -0.4 is 5.73 Å². The van der Waals surface area contributed by atoms with Gasteiger partial charge >= 0.3 is 0 Å². The van der Waals surface area contributed by atoms with Gasteiger partial charge in [0.05, 0.1) is 5.69 Å². The minimum atomic E-state index is -0.514. The number of amides is 1. The van der Waals surface area contributed by atoms with Crippen LogP contribution in [-0.4, -0.2) is 36.5 Å². The third kappa shape index (κ3) is 3.61. The Balaban J connectivity index is 1.86. The molecule has 4 rings (SSSR count). The molecule has 3 aromatic heterocycles. The lowest BCUT2D eigenvalue weighted by Crippen LogP contribution is -2.17. The van der Waals surface area contributed by atoms with Gasteiger partial charge in [0.1, 0.15) is 23.5 Å². The zero-order valence-corrected chi connectivity index (χ0v) is 17.8. The Bertz CT molecular complexity index is 1190. The number of aromatic nitrogens is 5. The van der Waals surface area contributed by atoms with Crippen LogP contribution in [0.15, 0.2) is 65.8 Å². The average molecular weight is 419 g/mol. The molecule has 0 aliphatic heterocycles. The Hall–Kier alpha value is -3.39. The summed E-state index contributed by atoms with van der Waals surface area (Å²) in [6.45, 7) is 4.12. The van der Waals surface area contributed by atoms with Crippen molar-refractivity contribution in [2.45, 2.75) is 24.8 Å². The smallest absolute Gasteiger partial charge is 0.265 e. The van der Waals surface area contributed by atoms with E-state index in [0.717, 1.165) is 11.3 Å². The van der Waals surface area contributed by atoms with Gasteiger partial charge in [-0.3, -0.25) is 9.36 Å². The predicted molar refractivity (Wildman–Crippen MR) is 119 cm³/mol. The number of benzene rings is 1. The summed E-state index contributed by atoms with van der Waals surface area (Å²) in [7, 11) is 0. The number of carbonyl (C=O) groups excluding carboxylic acids is 1. The van der Waals surface area contributed by atoms with Crippen LogP contribution in [-0.2, 0) is 0 Å². The number of carbonyl (C=O) groups is 1. The van der Waals surface area contributed by atoms with E-state index in [2.05, 4.69) is 36.2 Å². The molecule has 4 aromatic rings. The van der Waals surface area contributed by atoms with E-state index >= 15 is 0 Å². The Labute approximate surface area is 179 Å². The summed E-state index contributed by atoms with van der Waals surface area (Å²) < 4.78 is 3.74. The summed E-state index contributed by atoms with van der Waals surface area (Å²) in [5.41, 5.74) is 8.52. The molecule has 0 unspecified atom stereocenters. The zero-order chi connectivity index (χ0) is 21.3. The maximum absolute atomic E-state index is 12.1. The number of thioether (sulfide) groups is 1. The molecule has 0 bridgehead atoms. The molecule has 0 aliphatic carbocycles. The molecular formula is C22H22N6OS. The monoisotopic (exact) mass is 418 g/mol. The van der Waals surface area contributed by atoms with Crippen LogP contribution in [0.2, 0.25) is 0 Å². The van der Waals surface area contributed by atoms with Gasteiger partial charge in [0.2, 0.25) is 0 Å². The third-order valence-electron chi connectivity index (χ3n) is 4.84. The molecule has 30 heavy (non-hydrogen) atoms. The van der Waals surface area contributed by atoms with Crippen LogP contribution in [0.25, 0.3) is 28.6 Å². The molecule has 152 valence electrons. The van der Waals surface area contributed by atoms with Crippen molar-refractivity contribution in [2.24, 2.45) is 5.73 Å². The van der Waals surface area contributed by atoms with Crippen LogP contribution in [0.3, 0.4) is 0 Å². The van der Waals surface area contributed by atoms with Crippen LogP contribution in [0.1, 0.15) is 30.4 Å². The van der Waals surface area contributed by atoms with Gasteiger partial charge in [-0.05, 0) is 62.1 Å². The molecule has 0 saturated carbocycles. The van der Waals surface area contributed by atoms with E-state index in [-0.39, 0.29) is 6.04 Å². The number of hydrogen-bond acceptors (Lipinski definition) is 5. The normalized spacial score (nSPS) is 11.2. The van der Waals surface area contributed by atoms with E-state index in [1.54, 1.807) is 28.7 Å². The van der Waals surface area contributed by atoms with E-state index in [1.807, 2.05) is 47.2 Å². The maximum atomic E-state index is 12.1. The molecule has 1 amide bonds. The molecule has 0 spiro atoms. The molecule has 0 saturated heterocycles. The minimum absolute atomic E-state index is 0.193. The Morgan fingerprint density at radius 3 is 2.50 bits per heavy atom. The molecule has 3 heterocycles. The molecule has 0 fully saturated rings. The van der Waals surface area contributed by atoms with E-state index in [0.29, 0.717) is 23.0 Å². The highest BCUT2D eigenvalue weighted by Gasteiger charge is 2.18. The van der Waals surface area contributed by atoms with E-state index in [9.17, 15) is 4.79 Å². The van der Waals surface area contributed by atoms with Crippen molar-refractivity contribution in [3.8, 4) is 28.6 Å². The standard InChI is InChI=1S/C22H22N6OS/c1-14(2)27-13-24-26-22(27)17-5-4-6-20(25-17)28-18(11-12-19(28)21(23)29)15-7-9-16(30-3)10-8-15/h4-14H,1-3H3,(H2,23,29). The summed E-state index contributed by atoms with van der Waals surface area (Å²) in [4.78, 5) is 18.1. The summed E-state index contributed by atoms with van der Waals surface area (Å²) in [5, 5.41) is 8.26. The fourth-order valence-corrected chi connectivity index (χ4v) is 3.75. The topological polar surface area (TPSA) is 91.6 Å². The van der Waals surface area contributed by atoms with Crippen molar-refractivity contribution in [1.82, 2.24) is 24.3 Å². The highest BCUT2D eigenvalue weighted by Crippen LogP contribution is 2.29. The van der Waals surface area contributed by atoms with E-state index in [1.165, 1.54) is 4.90 Å². The number of nitrogens with two attached hydrogens (primary N) is 1. The van der Waals surface area contributed by atoms with Gasteiger partial charge in [-0.2, -0.15) is 0 Å². The fourth-order valence-electron chi connectivity index (χ4n) is 3.34. The van der Waals surface area contributed by atoms with Crippen molar-refractivity contribution >= 4 is 17.7 Å². The second-order valence-electron chi connectivity index (χ2n) is 7.07. The van der Waals surface area contributed by atoms with Gasteiger partial charge < -0.3 is 10.3 Å². The molecule has 0 aliphatic rings. The second kappa shape index (κ2) is 8.16. The maximum Gasteiger partial charge on any atom is 0.265 e. The largest absolute Gasteiger partial charge is 0.364 e. The summed E-state index contributed by atoms with van der Waals surface area (Å²) in [5.74, 6) is 0.749. The van der Waals surface area contributed by atoms with Crippen LogP contribution in [0, 0.1) is 0 Å². The highest BCUT2D eigenvalue weighted by molar-refractivity contribution is 7.98. The number of nitrogens with zero attached hydrogens (tertiary/aromatic N) is 5. The van der Waals surface area contributed by atoms with Gasteiger partial charge in [0, 0.05) is 10.9 Å². The van der Waals surface area contributed by atoms with Crippen molar-refractivity contribution in [1.29, 1.82) is 0 Å². The van der Waals surface area contributed by atoms with Crippen molar-refractivity contribution in [3.63, 3.8) is 0 Å². The highest BCUT2D eigenvalue weighted by atomic mass is 32.2. The second-order valence-corrected chi connectivity index (χ2v) is 7.95. The molecule has 7 nitrogen and oxygen atoms in total. The first-order chi connectivity index (χ1) is 14.5. The SMILES string of the molecule is CSc1ccc(-c2ccc(C(N)=O)n2-c2cccc(-c3nncn3C(C)C)n2)cc1. The van der Waals surface area contributed by atoms with Gasteiger partial charge in [-0.25, -0.2) is 4.98 Å². The van der Waals surface area contributed by atoms with Crippen LogP contribution >= 0.6 is 11.8 Å². The number of rotatable bonds is 6. The third-order valence-corrected chi connectivity index (χ3v) is 5.58. The van der Waals surface area contributed by atoms with Gasteiger partial charge in [-0.15, -0.1) is 22.0 Å². The van der Waals surface area contributed by atoms with Crippen molar-refractivity contribution < 1.29 is 4.79 Å². The van der Waals surface area contributed by atoms with Gasteiger partial charge in [0.15, 0.2) is 5.82 Å². The lowest BCUT2D eigenvalue weighted by Gasteiger charge is -2.14. The Morgan fingerprint density at radius 2 is 1.83 bits per heavy atom. The lowest BCUT2D eigenvalue weighted by atomic mass is 10.1. The summed E-state index contributed by atoms with van der Waals surface area (Å²) in [6.07, 6.45) is 3.73. The van der Waals surface area contributed by atoms with E-state index < -0.39 is 5.91 Å². The minimum Gasteiger partial charge on any atom is -0.364 e. The number of primary amides is 1. The Kier molecular flexibility index (Phi) is 5.41. The molecule has 8 heteroatoms. The molecule has 0 atom stereocenters. The molecule has 1 aromatic carbocycles. The van der Waals surface area contributed by atoms with Gasteiger partial charge in [-0.1, -0.05) is 18.2 Å². The lowest BCUT2D eigenvalue weighted by molar-refractivity contribution is 0.0994. The zero-order valence-electron chi connectivity index (χ0n) is 17.0. The quantitative estimate of drug-likeness (QED) is 0.474. The average Bonchev–Trinajstić information content (AvgIpc) is 3.41. The van der Waals surface area contributed by atoms with Crippen molar-refractivity contribution in [2.75, 3.05) is 6.26 Å². The molecule has 2 N–H and O–H groups in total.